The lowest BCUT2D eigenvalue weighted by Crippen LogP contribution is -2.18. The van der Waals surface area contributed by atoms with E-state index in [2.05, 4.69) is 0 Å². The number of unbranched alkanes of at least 4 members (excludes halogenated alkanes) is 1. The van der Waals surface area contributed by atoms with Gasteiger partial charge in [0.1, 0.15) is 13.2 Å². The van der Waals surface area contributed by atoms with Gasteiger partial charge in [0, 0.05) is 12.5 Å². The molecule has 1 aromatic rings. The molecule has 0 saturated carbocycles. The summed E-state index contributed by atoms with van der Waals surface area (Å²) in [4.78, 5) is 0. The molecular formula is C14H19F2NO2. The van der Waals surface area contributed by atoms with Crippen LogP contribution < -0.4 is 15.2 Å². The van der Waals surface area contributed by atoms with Crippen molar-refractivity contribution in [2.45, 2.75) is 32.1 Å². The maximum absolute atomic E-state index is 13.5. The average molecular weight is 271 g/mol. The molecule has 1 aliphatic heterocycles. The number of nitrogens with two attached hydrogens (primary N) is 1. The summed E-state index contributed by atoms with van der Waals surface area (Å²) >= 11 is 0. The van der Waals surface area contributed by atoms with Gasteiger partial charge >= 0.3 is 0 Å². The van der Waals surface area contributed by atoms with E-state index in [1.807, 2.05) is 0 Å². The predicted molar refractivity (Wildman–Crippen MR) is 69.0 cm³/mol. The third-order valence-corrected chi connectivity index (χ3v) is 3.13. The summed E-state index contributed by atoms with van der Waals surface area (Å²) in [6.45, 7) is 2.35. The number of benzene rings is 1. The maximum atomic E-state index is 13.5. The minimum Gasteiger partial charge on any atom is -0.486 e. The summed E-state index contributed by atoms with van der Waals surface area (Å²) in [6.07, 6.45) is 2.39. The number of hydrogen-bond acceptors (Lipinski definition) is 3. The van der Waals surface area contributed by atoms with Gasteiger partial charge in [0.25, 0.3) is 5.92 Å². The fraction of sp³-hybridized carbons (Fsp3) is 0.571. The zero-order chi connectivity index (χ0) is 13.9. The van der Waals surface area contributed by atoms with E-state index in [1.165, 1.54) is 12.1 Å². The normalized spacial score (nSPS) is 14.5. The lowest BCUT2D eigenvalue weighted by atomic mass is 10.00. The molecular weight excluding hydrogens is 252 g/mol. The SMILES string of the molecule is CC(F)(F)c1cc(CCCCN)c2c(c1)OCCO2. The molecule has 3 nitrogen and oxygen atoms in total. The van der Waals surface area contributed by atoms with Gasteiger partial charge in [-0.25, -0.2) is 8.78 Å². The topological polar surface area (TPSA) is 44.5 Å². The Morgan fingerprint density at radius 1 is 1.21 bits per heavy atom. The van der Waals surface area contributed by atoms with E-state index in [-0.39, 0.29) is 5.56 Å². The highest BCUT2D eigenvalue weighted by Gasteiger charge is 2.28. The molecule has 1 aromatic carbocycles. The van der Waals surface area contributed by atoms with Gasteiger partial charge in [-0.3, -0.25) is 0 Å². The summed E-state index contributed by atoms with van der Waals surface area (Å²) in [5, 5.41) is 0. The number of halogens is 2. The fourth-order valence-corrected chi connectivity index (χ4v) is 2.13. The lowest BCUT2D eigenvalue weighted by Gasteiger charge is -2.23. The largest absolute Gasteiger partial charge is 0.486 e. The molecule has 0 amide bonds. The van der Waals surface area contributed by atoms with Gasteiger partial charge in [-0.2, -0.15) is 0 Å². The minimum atomic E-state index is -2.88. The summed E-state index contributed by atoms with van der Waals surface area (Å²) in [5.74, 6) is -1.84. The van der Waals surface area contributed by atoms with E-state index < -0.39 is 5.92 Å². The van der Waals surface area contributed by atoms with Gasteiger partial charge in [-0.05, 0) is 43.5 Å². The highest BCUT2D eigenvalue weighted by Crippen LogP contribution is 2.40. The first-order valence-corrected chi connectivity index (χ1v) is 6.53. The first-order chi connectivity index (χ1) is 9.02. The van der Waals surface area contributed by atoms with Crippen LogP contribution in [0.25, 0.3) is 0 Å². The number of ether oxygens (including phenoxy) is 2. The van der Waals surface area contributed by atoms with Crippen LogP contribution in [0, 0.1) is 0 Å². The van der Waals surface area contributed by atoms with Crippen LogP contribution in [0.5, 0.6) is 11.5 Å². The van der Waals surface area contributed by atoms with Crippen molar-refractivity contribution < 1.29 is 18.3 Å². The van der Waals surface area contributed by atoms with Crippen LogP contribution >= 0.6 is 0 Å². The van der Waals surface area contributed by atoms with Crippen LogP contribution in [0.15, 0.2) is 12.1 Å². The number of rotatable bonds is 5. The zero-order valence-electron chi connectivity index (χ0n) is 11.0. The second kappa shape index (κ2) is 5.74. The summed E-state index contributed by atoms with van der Waals surface area (Å²) in [7, 11) is 0. The Morgan fingerprint density at radius 2 is 1.95 bits per heavy atom. The Morgan fingerprint density at radius 3 is 2.63 bits per heavy atom. The summed E-state index contributed by atoms with van der Waals surface area (Å²) in [6, 6.07) is 2.89. The van der Waals surface area contributed by atoms with E-state index in [0.717, 1.165) is 25.3 Å². The van der Waals surface area contributed by atoms with Crippen molar-refractivity contribution in [1.29, 1.82) is 0 Å². The Balaban J connectivity index is 2.32. The van der Waals surface area contributed by atoms with Crippen molar-refractivity contribution in [1.82, 2.24) is 0 Å². The van der Waals surface area contributed by atoms with Crippen LogP contribution in [0.2, 0.25) is 0 Å². The van der Waals surface area contributed by atoms with Crippen molar-refractivity contribution in [3.05, 3.63) is 23.3 Å². The highest BCUT2D eigenvalue weighted by atomic mass is 19.3. The minimum absolute atomic E-state index is 0.0282. The molecule has 2 rings (SSSR count). The van der Waals surface area contributed by atoms with Crippen molar-refractivity contribution >= 4 is 0 Å². The van der Waals surface area contributed by atoms with Crippen LogP contribution in [0.1, 0.15) is 30.9 Å². The van der Waals surface area contributed by atoms with Crippen molar-refractivity contribution in [2.24, 2.45) is 5.73 Å². The molecule has 106 valence electrons. The van der Waals surface area contributed by atoms with Crippen LogP contribution in [0.3, 0.4) is 0 Å². The first-order valence-electron chi connectivity index (χ1n) is 6.53. The number of alkyl halides is 2. The molecule has 0 bridgehead atoms. The second-order valence-corrected chi connectivity index (χ2v) is 4.79. The summed E-state index contributed by atoms with van der Waals surface area (Å²) < 4.78 is 37.9. The molecule has 0 atom stereocenters. The average Bonchev–Trinajstić information content (AvgIpc) is 2.37. The molecule has 0 aromatic heterocycles. The quantitative estimate of drug-likeness (QED) is 0.837. The third-order valence-electron chi connectivity index (χ3n) is 3.13. The molecule has 1 aliphatic rings. The zero-order valence-corrected chi connectivity index (χ0v) is 11.0. The third kappa shape index (κ3) is 3.35. The van der Waals surface area contributed by atoms with Gasteiger partial charge in [0.05, 0.1) is 0 Å². The molecule has 1 heterocycles. The van der Waals surface area contributed by atoms with Crippen LogP contribution in [-0.4, -0.2) is 19.8 Å². The van der Waals surface area contributed by atoms with E-state index in [9.17, 15) is 8.78 Å². The monoisotopic (exact) mass is 271 g/mol. The van der Waals surface area contributed by atoms with E-state index in [1.54, 1.807) is 0 Å². The van der Waals surface area contributed by atoms with E-state index >= 15 is 0 Å². The van der Waals surface area contributed by atoms with Gasteiger partial charge in [-0.1, -0.05) is 0 Å². The van der Waals surface area contributed by atoms with Gasteiger partial charge in [-0.15, -0.1) is 0 Å². The second-order valence-electron chi connectivity index (χ2n) is 4.79. The smallest absolute Gasteiger partial charge is 0.270 e. The van der Waals surface area contributed by atoms with Gasteiger partial charge in [0.15, 0.2) is 11.5 Å². The van der Waals surface area contributed by atoms with Crippen LogP contribution in [0.4, 0.5) is 8.78 Å². The standard InChI is InChI=1S/C14H19F2NO2/c1-14(15,16)11-8-10(4-2-3-5-17)13-12(9-11)18-6-7-19-13/h8-9H,2-7,17H2,1H3. The molecule has 0 radical (unpaired) electrons. The highest BCUT2D eigenvalue weighted by molar-refractivity contribution is 5.51. The van der Waals surface area contributed by atoms with Crippen molar-refractivity contribution in [2.75, 3.05) is 19.8 Å². The molecule has 0 unspecified atom stereocenters. The predicted octanol–water partition coefficient (Wildman–Crippen LogP) is 2.85. The molecule has 0 saturated heterocycles. The number of fused-ring (bicyclic) bond motifs is 1. The number of hydrogen-bond donors (Lipinski definition) is 1. The molecule has 2 N–H and O–H groups in total. The Labute approximate surface area is 111 Å². The van der Waals surface area contributed by atoms with Crippen molar-refractivity contribution in [3.8, 4) is 11.5 Å². The number of aryl methyl sites for hydroxylation is 1. The molecule has 0 fully saturated rings. The Bertz CT molecular complexity index is 444. The van der Waals surface area contributed by atoms with Crippen LogP contribution in [-0.2, 0) is 12.3 Å². The van der Waals surface area contributed by atoms with E-state index in [4.69, 9.17) is 15.2 Å². The lowest BCUT2D eigenvalue weighted by molar-refractivity contribution is 0.0168. The fourth-order valence-electron chi connectivity index (χ4n) is 2.13. The van der Waals surface area contributed by atoms with Gasteiger partial charge < -0.3 is 15.2 Å². The Hall–Kier alpha value is -1.36. The summed E-state index contributed by atoms with van der Waals surface area (Å²) in [5.41, 5.74) is 6.21. The van der Waals surface area contributed by atoms with E-state index in [0.29, 0.717) is 37.7 Å². The first kappa shape index (κ1) is 14.1. The maximum Gasteiger partial charge on any atom is 0.270 e. The Kier molecular flexibility index (Phi) is 4.24. The molecule has 19 heavy (non-hydrogen) atoms. The van der Waals surface area contributed by atoms with Gasteiger partial charge in [0.2, 0.25) is 0 Å². The molecule has 5 heteroatoms. The van der Waals surface area contributed by atoms with Crippen molar-refractivity contribution in [3.63, 3.8) is 0 Å². The molecule has 0 aliphatic carbocycles. The molecule has 0 spiro atoms.